The molecule has 0 fully saturated rings. The van der Waals surface area contributed by atoms with Crippen molar-refractivity contribution in [1.82, 2.24) is 20.9 Å². The van der Waals surface area contributed by atoms with Gasteiger partial charge in [0.05, 0.1) is 6.04 Å². The standard InChI is InChI=1S/C30H37N7O8/c31-20(9-11-25(32)39)27(41)36-23(14-17-15-34-21-4-2-1-3-19(17)21)29(43)35-22(10-12-26(33)40)28(42)37-24(30(44)45)13-16-5-7-18(38)8-6-16/h1-8,15,20,22-24,34,38H,9-14,31H2,(H2,32,39)(H2,33,40)(H,35,43)(H,36,41)(H,37,42)(H,44,45). The number of aliphatic carboxylic acids is 1. The molecule has 0 spiro atoms. The first-order chi connectivity index (χ1) is 21.3. The minimum atomic E-state index is -1.42. The van der Waals surface area contributed by atoms with Gasteiger partial charge in [0.1, 0.15) is 23.9 Å². The number of fused-ring (bicyclic) bond motifs is 1. The lowest BCUT2D eigenvalue weighted by atomic mass is 10.0. The zero-order valence-electron chi connectivity index (χ0n) is 24.3. The fourth-order valence-corrected chi connectivity index (χ4v) is 4.61. The lowest BCUT2D eigenvalue weighted by Gasteiger charge is -2.25. The summed E-state index contributed by atoms with van der Waals surface area (Å²) in [6.07, 6.45) is 0.702. The molecule has 12 N–H and O–H groups in total. The number of phenols is 1. The minimum absolute atomic E-state index is 0.0213. The molecule has 45 heavy (non-hydrogen) atoms. The van der Waals surface area contributed by atoms with Crippen molar-refractivity contribution in [3.63, 3.8) is 0 Å². The number of aromatic nitrogens is 1. The molecule has 0 aliphatic rings. The second kappa shape index (κ2) is 15.9. The first-order valence-corrected chi connectivity index (χ1v) is 14.1. The van der Waals surface area contributed by atoms with E-state index in [-0.39, 0.29) is 44.3 Å². The second-order valence-electron chi connectivity index (χ2n) is 10.6. The van der Waals surface area contributed by atoms with Crippen molar-refractivity contribution in [2.75, 3.05) is 0 Å². The number of primary amides is 2. The van der Waals surface area contributed by atoms with Crippen molar-refractivity contribution in [3.8, 4) is 5.75 Å². The number of H-pyrrole nitrogens is 1. The summed E-state index contributed by atoms with van der Waals surface area (Å²) in [5.74, 6) is -5.24. The summed E-state index contributed by atoms with van der Waals surface area (Å²) >= 11 is 0. The Labute approximate surface area is 257 Å². The highest BCUT2D eigenvalue weighted by Gasteiger charge is 2.31. The predicted molar refractivity (Wildman–Crippen MR) is 162 cm³/mol. The molecule has 3 aromatic rings. The van der Waals surface area contributed by atoms with E-state index in [4.69, 9.17) is 17.2 Å². The molecular weight excluding hydrogens is 586 g/mol. The summed E-state index contributed by atoms with van der Waals surface area (Å²) in [6, 6.07) is 7.74. The van der Waals surface area contributed by atoms with Crippen LogP contribution in [0.1, 0.15) is 36.8 Å². The molecule has 15 heteroatoms. The van der Waals surface area contributed by atoms with Crippen LogP contribution in [-0.2, 0) is 41.6 Å². The van der Waals surface area contributed by atoms with Gasteiger partial charge in [0.2, 0.25) is 29.5 Å². The van der Waals surface area contributed by atoms with E-state index >= 15 is 0 Å². The average Bonchev–Trinajstić information content (AvgIpc) is 3.40. The number of nitrogens with two attached hydrogens (primary N) is 3. The zero-order valence-corrected chi connectivity index (χ0v) is 24.3. The summed E-state index contributed by atoms with van der Waals surface area (Å²) in [4.78, 5) is 77.7. The maximum absolute atomic E-state index is 13.6. The van der Waals surface area contributed by atoms with Crippen LogP contribution in [0.5, 0.6) is 5.75 Å². The Kier molecular flexibility index (Phi) is 12.0. The van der Waals surface area contributed by atoms with E-state index in [0.717, 1.165) is 10.9 Å². The molecule has 0 bridgehead atoms. The second-order valence-corrected chi connectivity index (χ2v) is 10.6. The number of carbonyl (C=O) groups excluding carboxylic acids is 5. The Hall–Kier alpha value is -5.44. The highest BCUT2D eigenvalue weighted by molar-refractivity contribution is 5.95. The third-order valence-corrected chi connectivity index (χ3v) is 7.07. The van der Waals surface area contributed by atoms with Crippen LogP contribution in [0.15, 0.2) is 54.7 Å². The molecule has 4 atom stereocenters. The number of hydrogen-bond acceptors (Lipinski definition) is 8. The molecule has 0 radical (unpaired) electrons. The maximum atomic E-state index is 13.6. The van der Waals surface area contributed by atoms with Gasteiger partial charge in [-0.05, 0) is 42.2 Å². The van der Waals surface area contributed by atoms with E-state index in [9.17, 15) is 39.0 Å². The number of benzene rings is 2. The normalized spacial score (nSPS) is 13.6. The Morgan fingerprint density at radius 1 is 0.733 bits per heavy atom. The summed E-state index contributed by atoms with van der Waals surface area (Å²) < 4.78 is 0. The van der Waals surface area contributed by atoms with Crippen molar-refractivity contribution < 1.29 is 39.0 Å². The summed E-state index contributed by atoms with van der Waals surface area (Å²) in [5.41, 5.74) is 18.3. The molecule has 3 rings (SSSR count). The zero-order chi connectivity index (χ0) is 33.1. The van der Waals surface area contributed by atoms with E-state index in [0.29, 0.717) is 11.1 Å². The molecular formula is C30H37N7O8. The van der Waals surface area contributed by atoms with Gasteiger partial charge in [0.25, 0.3) is 0 Å². The van der Waals surface area contributed by atoms with E-state index in [1.165, 1.54) is 24.3 Å². The number of carboxylic acids is 1. The van der Waals surface area contributed by atoms with Gasteiger partial charge in [-0.2, -0.15) is 0 Å². The van der Waals surface area contributed by atoms with Crippen molar-refractivity contribution in [2.24, 2.45) is 17.2 Å². The summed E-state index contributed by atoms with van der Waals surface area (Å²) in [7, 11) is 0. The molecule has 1 aromatic heterocycles. The van der Waals surface area contributed by atoms with E-state index in [2.05, 4.69) is 20.9 Å². The lowest BCUT2D eigenvalue weighted by Crippen LogP contribution is -2.58. The third kappa shape index (κ3) is 10.4. The number of hydrogen-bond donors (Lipinski definition) is 9. The fraction of sp³-hybridized carbons (Fsp3) is 0.333. The quantitative estimate of drug-likeness (QED) is 0.0896. The van der Waals surface area contributed by atoms with E-state index in [1.807, 2.05) is 18.2 Å². The highest BCUT2D eigenvalue weighted by Crippen LogP contribution is 2.19. The number of aromatic hydroxyl groups is 1. The molecule has 15 nitrogen and oxygen atoms in total. The van der Waals surface area contributed by atoms with Crippen LogP contribution in [0, 0.1) is 0 Å². The van der Waals surface area contributed by atoms with Gasteiger partial charge >= 0.3 is 5.97 Å². The van der Waals surface area contributed by atoms with Crippen LogP contribution in [0.4, 0.5) is 0 Å². The van der Waals surface area contributed by atoms with Crippen LogP contribution < -0.4 is 33.2 Å². The van der Waals surface area contributed by atoms with Gasteiger partial charge in [-0.1, -0.05) is 30.3 Å². The maximum Gasteiger partial charge on any atom is 0.326 e. The molecule has 1 heterocycles. The molecule has 0 aliphatic carbocycles. The van der Waals surface area contributed by atoms with Gasteiger partial charge < -0.3 is 48.3 Å². The Morgan fingerprint density at radius 3 is 1.96 bits per heavy atom. The number of aromatic amines is 1. The average molecular weight is 624 g/mol. The number of carboxylic acid groups (broad SMARTS) is 1. The van der Waals surface area contributed by atoms with Crippen LogP contribution in [0.3, 0.4) is 0 Å². The number of nitrogens with one attached hydrogen (secondary N) is 4. The molecule has 2 aromatic carbocycles. The third-order valence-electron chi connectivity index (χ3n) is 7.07. The molecule has 0 aliphatic heterocycles. The SMILES string of the molecule is NC(=O)CCC(N)C(=O)NC(Cc1c[nH]c2ccccc12)C(=O)NC(CCC(N)=O)C(=O)NC(Cc1ccc(O)cc1)C(=O)O. The first kappa shape index (κ1) is 34.1. The van der Waals surface area contributed by atoms with Crippen molar-refractivity contribution >= 4 is 46.4 Å². The molecule has 4 unspecified atom stereocenters. The van der Waals surface area contributed by atoms with Crippen LogP contribution in [-0.4, -0.2) is 74.9 Å². The van der Waals surface area contributed by atoms with Crippen molar-refractivity contribution in [3.05, 3.63) is 65.9 Å². The monoisotopic (exact) mass is 623 g/mol. The number of rotatable bonds is 17. The molecule has 240 valence electrons. The minimum Gasteiger partial charge on any atom is -0.508 e. The van der Waals surface area contributed by atoms with Crippen LogP contribution in [0.25, 0.3) is 10.9 Å². The van der Waals surface area contributed by atoms with Gasteiger partial charge in [-0.3, -0.25) is 24.0 Å². The number of carbonyl (C=O) groups is 6. The lowest BCUT2D eigenvalue weighted by molar-refractivity contribution is -0.142. The molecule has 5 amide bonds. The van der Waals surface area contributed by atoms with Gasteiger partial charge in [0.15, 0.2) is 0 Å². The van der Waals surface area contributed by atoms with Gasteiger partial charge in [-0.25, -0.2) is 4.79 Å². The van der Waals surface area contributed by atoms with Gasteiger partial charge in [-0.15, -0.1) is 0 Å². The topological polar surface area (TPSA) is 273 Å². The largest absolute Gasteiger partial charge is 0.508 e. The number of phenolic OH excluding ortho intramolecular Hbond substituents is 1. The fourth-order valence-electron chi connectivity index (χ4n) is 4.61. The first-order valence-electron chi connectivity index (χ1n) is 14.1. The molecule has 0 saturated heterocycles. The van der Waals surface area contributed by atoms with Crippen LogP contribution >= 0.6 is 0 Å². The Balaban J connectivity index is 1.83. The van der Waals surface area contributed by atoms with Crippen molar-refractivity contribution in [1.29, 1.82) is 0 Å². The Morgan fingerprint density at radius 2 is 1.31 bits per heavy atom. The summed E-state index contributed by atoms with van der Waals surface area (Å²) in [5, 5.41) is 27.5. The highest BCUT2D eigenvalue weighted by atomic mass is 16.4. The predicted octanol–water partition coefficient (Wildman–Crippen LogP) is -0.944. The van der Waals surface area contributed by atoms with Crippen LogP contribution in [0.2, 0.25) is 0 Å². The van der Waals surface area contributed by atoms with Crippen molar-refractivity contribution in [2.45, 2.75) is 62.7 Å². The van der Waals surface area contributed by atoms with E-state index < -0.39 is 59.7 Å². The molecule has 0 saturated carbocycles. The van der Waals surface area contributed by atoms with Gasteiger partial charge in [0, 0.05) is 42.8 Å². The number of amides is 5. The van der Waals surface area contributed by atoms with E-state index in [1.54, 1.807) is 12.3 Å². The Bertz CT molecular complexity index is 1540. The summed E-state index contributed by atoms with van der Waals surface area (Å²) in [6.45, 7) is 0. The smallest absolute Gasteiger partial charge is 0.326 e. The number of para-hydroxylation sites is 1.